The minimum absolute atomic E-state index is 0.267. The van der Waals surface area contributed by atoms with Crippen LogP contribution in [-0.2, 0) is 19.9 Å². The molecule has 21 heavy (non-hydrogen) atoms. The molecule has 1 unspecified atom stereocenters. The van der Waals surface area contributed by atoms with E-state index in [2.05, 4.69) is 10.1 Å². The normalized spacial score (nSPS) is 21.4. The molecule has 1 atom stereocenters. The number of urea groups is 1. The van der Waals surface area contributed by atoms with Crippen molar-refractivity contribution in [2.24, 2.45) is 0 Å². The van der Waals surface area contributed by atoms with Crippen LogP contribution >= 0.6 is 23.2 Å². The van der Waals surface area contributed by atoms with Gasteiger partial charge in [0.1, 0.15) is 12.1 Å². The first-order valence-corrected chi connectivity index (χ1v) is 6.71. The van der Waals surface area contributed by atoms with E-state index in [-0.39, 0.29) is 5.02 Å². The zero-order valence-corrected chi connectivity index (χ0v) is 12.8. The molecule has 1 N–H and O–H groups in total. The first-order chi connectivity index (χ1) is 9.79. The molecular formula is C13H12Cl2N2O4. The number of ether oxygens (including phenoxy) is 1. The molecule has 0 saturated carbocycles. The van der Waals surface area contributed by atoms with Crippen LogP contribution in [0.5, 0.6) is 0 Å². The number of benzene rings is 1. The van der Waals surface area contributed by atoms with E-state index in [4.69, 9.17) is 23.2 Å². The third-order valence-electron chi connectivity index (χ3n) is 3.29. The zero-order chi connectivity index (χ0) is 15.8. The van der Waals surface area contributed by atoms with Crippen molar-refractivity contribution < 1.29 is 19.1 Å². The van der Waals surface area contributed by atoms with Crippen molar-refractivity contribution in [2.45, 2.75) is 12.5 Å². The lowest BCUT2D eigenvalue weighted by Crippen LogP contribution is -2.41. The fourth-order valence-corrected chi connectivity index (χ4v) is 2.34. The van der Waals surface area contributed by atoms with Gasteiger partial charge in [-0.15, -0.1) is 0 Å². The highest BCUT2D eigenvalue weighted by Crippen LogP contribution is 2.32. The predicted octanol–water partition coefficient (Wildman–Crippen LogP) is 1.93. The smallest absolute Gasteiger partial charge is 0.325 e. The average Bonchev–Trinajstić information content (AvgIpc) is 2.66. The molecule has 0 spiro atoms. The Morgan fingerprint density at radius 1 is 1.33 bits per heavy atom. The molecular weight excluding hydrogens is 319 g/mol. The number of halogens is 2. The molecule has 0 aliphatic carbocycles. The fourth-order valence-electron chi connectivity index (χ4n) is 2.04. The summed E-state index contributed by atoms with van der Waals surface area (Å²) in [6, 6.07) is 3.96. The third kappa shape index (κ3) is 2.69. The van der Waals surface area contributed by atoms with Crippen LogP contribution in [0.4, 0.5) is 4.79 Å². The lowest BCUT2D eigenvalue weighted by atomic mass is 9.92. The van der Waals surface area contributed by atoms with Gasteiger partial charge in [0.15, 0.2) is 0 Å². The Morgan fingerprint density at radius 2 is 2.00 bits per heavy atom. The van der Waals surface area contributed by atoms with Crippen LogP contribution < -0.4 is 5.32 Å². The SMILES string of the molecule is COC(=O)CN1C(=O)NC(C)(c2ccc(Cl)c(Cl)c2)C1=O. The number of hydrogen-bond donors (Lipinski definition) is 1. The molecule has 1 fully saturated rings. The summed E-state index contributed by atoms with van der Waals surface area (Å²) in [5, 5.41) is 3.16. The summed E-state index contributed by atoms with van der Waals surface area (Å²) in [4.78, 5) is 36.4. The van der Waals surface area contributed by atoms with Crippen LogP contribution in [-0.4, -0.2) is 36.5 Å². The van der Waals surface area contributed by atoms with Crippen molar-refractivity contribution in [3.8, 4) is 0 Å². The maximum absolute atomic E-state index is 12.4. The van der Waals surface area contributed by atoms with Crippen LogP contribution in [0.2, 0.25) is 10.0 Å². The van der Waals surface area contributed by atoms with Gasteiger partial charge < -0.3 is 10.1 Å². The second-order valence-electron chi connectivity index (χ2n) is 4.65. The Labute approximate surface area is 130 Å². The Bertz CT molecular complexity index is 635. The van der Waals surface area contributed by atoms with Gasteiger partial charge in [0.05, 0.1) is 17.2 Å². The van der Waals surface area contributed by atoms with Gasteiger partial charge in [-0.25, -0.2) is 4.79 Å². The van der Waals surface area contributed by atoms with Gasteiger partial charge in [-0.2, -0.15) is 0 Å². The molecule has 112 valence electrons. The zero-order valence-electron chi connectivity index (χ0n) is 11.3. The summed E-state index contributed by atoms with van der Waals surface area (Å²) in [5.41, 5.74) is -0.832. The molecule has 6 nitrogen and oxygen atoms in total. The fraction of sp³-hybridized carbons (Fsp3) is 0.308. The van der Waals surface area contributed by atoms with Gasteiger partial charge in [-0.3, -0.25) is 14.5 Å². The summed E-state index contributed by atoms with van der Waals surface area (Å²) in [6.07, 6.45) is 0. The summed E-state index contributed by atoms with van der Waals surface area (Å²) < 4.78 is 4.47. The van der Waals surface area contributed by atoms with Crippen molar-refractivity contribution in [2.75, 3.05) is 13.7 Å². The van der Waals surface area contributed by atoms with E-state index in [9.17, 15) is 14.4 Å². The highest BCUT2D eigenvalue weighted by molar-refractivity contribution is 6.42. The number of carbonyl (C=O) groups excluding carboxylic acids is 3. The second kappa shape index (κ2) is 5.54. The van der Waals surface area contributed by atoms with Crippen LogP contribution in [0, 0.1) is 0 Å². The van der Waals surface area contributed by atoms with Crippen LogP contribution in [0.25, 0.3) is 0 Å². The average molecular weight is 331 g/mol. The Morgan fingerprint density at radius 3 is 2.57 bits per heavy atom. The lowest BCUT2D eigenvalue weighted by Gasteiger charge is -2.22. The number of hydrogen-bond acceptors (Lipinski definition) is 4. The summed E-state index contributed by atoms with van der Waals surface area (Å²) in [5.74, 6) is -1.24. The van der Waals surface area contributed by atoms with E-state index in [1.165, 1.54) is 26.2 Å². The molecule has 1 aliphatic heterocycles. The summed E-state index contributed by atoms with van der Waals surface area (Å²) in [6.45, 7) is 1.09. The van der Waals surface area contributed by atoms with Crippen molar-refractivity contribution in [1.82, 2.24) is 10.2 Å². The molecule has 1 heterocycles. The Balaban J connectivity index is 2.35. The van der Waals surface area contributed by atoms with Crippen LogP contribution in [0.1, 0.15) is 12.5 Å². The number of carbonyl (C=O) groups is 3. The van der Waals surface area contributed by atoms with Crippen LogP contribution in [0.15, 0.2) is 18.2 Å². The van der Waals surface area contributed by atoms with Gasteiger partial charge in [0, 0.05) is 0 Å². The standard InChI is InChI=1S/C13H12Cl2N2O4/c1-13(7-3-4-8(14)9(15)5-7)11(19)17(12(20)16-13)6-10(18)21-2/h3-5H,6H2,1-2H3,(H,16,20). The van der Waals surface area contributed by atoms with Gasteiger partial charge in [0.25, 0.3) is 5.91 Å². The van der Waals surface area contributed by atoms with E-state index in [1.54, 1.807) is 6.07 Å². The van der Waals surface area contributed by atoms with E-state index < -0.39 is 30.0 Å². The minimum Gasteiger partial charge on any atom is -0.468 e. The first-order valence-electron chi connectivity index (χ1n) is 5.96. The summed E-state index contributed by atoms with van der Waals surface area (Å²) in [7, 11) is 1.18. The molecule has 1 aliphatic rings. The maximum atomic E-state index is 12.4. The molecule has 1 aromatic rings. The first kappa shape index (κ1) is 15.6. The maximum Gasteiger partial charge on any atom is 0.325 e. The number of nitrogens with zero attached hydrogens (tertiary/aromatic N) is 1. The Hall–Kier alpha value is -1.79. The monoisotopic (exact) mass is 330 g/mol. The highest BCUT2D eigenvalue weighted by Gasteiger charge is 2.49. The van der Waals surface area contributed by atoms with Crippen LogP contribution in [0.3, 0.4) is 0 Å². The molecule has 3 amide bonds. The third-order valence-corrected chi connectivity index (χ3v) is 4.03. The van der Waals surface area contributed by atoms with Crippen molar-refractivity contribution in [3.63, 3.8) is 0 Å². The molecule has 2 rings (SSSR count). The van der Waals surface area contributed by atoms with Crippen molar-refractivity contribution in [1.29, 1.82) is 0 Å². The Kier molecular flexibility index (Phi) is 4.11. The van der Waals surface area contributed by atoms with Gasteiger partial charge >= 0.3 is 12.0 Å². The minimum atomic E-state index is -1.31. The number of nitrogens with one attached hydrogen (secondary N) is 1. The van der Waals surface area contributed by atoms with Crippen molar-refractivity contribution >= 4 is 41.1 Å². The highest BCUT2D eigenvalue weighted by atomic mass is 35.5. The molecule has 0 radical (unpaired) electrons. The van der Waals surface area contributed by atoms with E-state index >= 15 is 0 Å². The summed E-state index contributed by atoms with van der Waals surface area (Å²) >= 11 is 11.8. The number of imide groups is 1. The largest absolute Gasteiger partial charge is 0.468 e. The van der Waals surface area contributed by atoms with Gasteiger partial charge in [-0.1, -0.05) is 29.3 Å². The number of amides is 3. The van der Waals surface area contributed by atoms with Gasteiger partial charge in [-0.05, 0) is 24.6 Å². The van der Waals surface area contributed by atoms with Gasteiger partial charge in [0.2, 0.25) is 0 Å². The quantitative estimate of drug-likeness (QED) is 0.678. The molecule has 1 aromatic carbocycles. The predicted molar refractivity (Wildman–Crippen MR) is 76.1 cm³/mol. The molecule has 0 bridgehead atoms. The van der Waals surface area contributed by atoms with E-state index in [0.717, 1.165) is 4.90 Å². The molecule has 0 aromatic heterocycles. The molecule has 1 saturated heterocycles. The topological polar surface area (TPSA) is 75.7 Å². The van der Waals surface area contributed by atoms with E-state index in [0.29, 0.717) is 10.6 Å². The lowest BCUT2D eigenvalue weighted by molar-refractivity contribution is -0.145. The van der Waals surface area contributed by atoms with Crippen molar-refractivity contribution in [3.05, 3.63) is 33.8 Å². The molecule has 8 heteroatoms. The number of esters is 1. The second-order valence-corrected chi connectivity index (χ2v) is 5.47. The van der Waals surface area contributed by atoms with E-state index in [1.807, 2.05) is 0 Å². The number of methoxy groups -OCH3 is 1. The number of rotatable bonds is 3.